The molecule has 6 fully saturated rings. The van der Waals surface area contributed by atoms with E-state index in [1.807, 2.05) is 0 Å². The molecular weight excluding hydrogens is 324 g/mol. The summed E-state index contributed by atoms with van der Waals surface area (Å²) in [6.07, 6.45) is 6.03. The van der Waals surface area contributed by atoms with Gasteiger partial charge in [0.25, 0.3) is 0 Å². The molecule has 26 heavy (non-hydrogen) atoms. The van der Waals surface area contributed by atoms with Gasteiger partial charge in [-0.2, -0.15) is 0 Å². The number of ether oxygens (including phenoxy) is 1. The maximum absolute atomic E-state index is 11.9. The van der Waals surface area contributed by atoms with Gasteiger partial charge in [0.1, 0.15) is 5.60 Å². The molecule has 5 saturated carbocycles. The second-order valence-electron chi connectivity index (χ2n) is 11.7. The minimum Gasteiger partial charge on any atom is -0.393 e. The summed E-state index contributed by atoms with van der Waals surface area (Å²) in [5.74, 6) is 4.64. The van der Waals surface area contributed by atoms with Crippen LogP contribution in [0.15, 0.2) is 0 Å². The second-order valence-corrected chi connectivity index (χ2v) is 11.7. The Balaban J connectivity index is 1.45. The Labute approximate surface area is 157 Å². The molecule has 146 valence electrons. The molecule has 0 aromatic carbocycles. The average Bonchev–Trinajstić information content (AvgIpc) is 3.47. The molecule has 0 amide bonds. The highest BCUT2D eigenvalue weighted by molar-refractivity contribution is 5.30. The smallest absolute Gasteiger partial charge is 0.100 e. The third-order valence-electron chi connectivity index (χ3n) is 11.4. The molecule has 1 spiro atoms. The molecule has 0 aromatic heterocycles. The molecule has 0 radical (unpaired) electrons. The lowest BCUT2D eigenvalue weighted by Gasteiger charge is -2.68. The van der Waals surface area contributed by atoms with Gasteiger partial charge in [0.05, 0.1) is 18.3 Å². The van der Waals surface area contributed by atoms with E-state index in [1.165, 1.54) is 19.3 Å². The molecule has 3 nitrogen and oxygen atoms in total. The standard InChI is InChI=1S/C23H36O3/c1-12-13(2)22(25)10-14(24)5-7-20(22,3)16-6-8-21(4)19(18(12)16)15-9-17(15)23(21)11-26-23/h12-19,24-25H,5-11H2,1-4H3/t12?,13?,14?,15?,16?,17?,18?,19?,20-,21+,22?,23+/m1/s1. The van der Waals surface area contributed by atoms with Crippen molar-refractivity contribution in [3.63, 3.8) is 0 Å². The Morgan fingerprint density at radius 3 is 2.38 bits per heavy atom. The minimum absolute atomic E-state index is 0.0330. The molecule has 1 saturated heterocycles. The first-order chi connectivity index (χ1) is 12.2. The van der Waals surface area contributed by atoms with E-state index in [9.17, 15) is 10.2 Å². The minimum atomic E-state index is -0.700. The quantitative estimate of drug-likeness (QED) is 0.649. The van der Waals surface area contributed by atoms with Gasteiger partial charge in [0.2, 0.25) is 0 Å². The van der Waals surface area contributed by atoms with Crippen LogP contribution in [0.1, 0.15) is 66.2 Å². The predicted molar refractivity (Wildman–Crippen MR) is 99.3 cm³/mol. The maximum Gasteiger partial charge on any atom is 0.100 e. The molecule has 12 atom stereocenters. The van der Waals surface area contributed by atoms with Crippen molar-refractivity contribution in [2.45, 2.75) is 83.5 Å². The molecule has 0 bridgehead atoms. The van der Waals surface area contributed by atoms with Gasteiger partial charge in [-0.15, -0.1) is 0 Å². The van der Waals surface area contributed by atoms with E-state index in [0.29, 0.717) is 23.7 Å². The number of fused-ring (bicyclic) bond motifs is 9. The zero-order chi connectivity index (χ0) is 18.3. The number of epoxide rings is 1. The van der Waals surface area contributed by atoms with Crippen LogP contribution in [-0.2, 0) is 4.74 Å². The third kappa shape index (κ3) is 1.55. The molecule has 9 unspecified atom stereocenters. The van der Waals surface area contributed by atoms with Crippen LogP contribution in [0.4, 0.5) is 0 Å². The van der Waals surface area contributed by atoms with E-state index in [2.05, 4.69) is 27.7 Å². The Bertz CT molecular complexity index is 658. The number of aliphatic hydroxyl groups is 2. The largest absolute Gasteiger partial charge is 0.393 e. The molecule has 6 rings (SSSR count). The van der Waals surface area contributed by atoms with Gasteiger partial charge in [0, 0.05) is 11.8 Å². The van der Waals surface area contributed by atoms with Crippen molar-refractivity contribution in [2.24, 2.45) is 52.3 Å². The summed E-state index contributed by atoms with van der Waals surface area (Å²) >= 11 is 0. The fourth-order valence-corrected chi connectivity index (χ4v) is 9.73. The van der Waals surface area contributed by atoms with Crippen LogP contribution in [0.2, 0.25) is 0 Å². The van der Waals surface area contributed by atoms with Crippen molar-refractivity contribution < 1.29 is 14.9 Å². The third-order valence-corrected chi connectivity index (χ3v) is 11.4. The number of hydrogen-bond donors (Lipinski definition) is 2. The Morgan fingerprint density at radius 1 is 1.00 bits per heavy atom. The lowest BCUT2D eigenvalue weighted by Crippen LogP contribution is -2.69. The first kappa shape index (κ1) is 16.8. The van der Waals surface area contributed by atoms with Gasteiger partial charge in [-0.1, -0.05) is 27.7 Å². The van der Waals surface area contributed by atoms with E-state index < -0.39 is 5.60 Å². The van der Waals surface area contributed by atoms with Crippen molar-refractivity contribution in [1.29, 1.82) is 0 Å². The summed E-state index contributed by atoms with van der Waals surface area (Å²) in [5, 5.41) is 22.3. The van der Waals surface area contributed by atoms with E-state index in [-0.39, 0.29) is 23.0 Å². The molecule has 5 aliphatic carbocycles. The van der Waals surface area contributed by atoms with Crippen molar-refractivity contribution in [1.82, 2.24) is 0 Å². The fourth-order valence-electron chi connectivity index (χ4n) is 9.73. The number of hydrogen-bond acceptors (Lipinski definition) is 3. The first-order valence-electron chi connectivity index (χ1n) is 11.2. The topological polar surface area (TPSA) is 53.0 Å². The van der Waals surface area contributed by atoms with Crippen molar-refractivity contribution in [2.75, 3.05) is 6.61 Å². The van der Waals surface area contributed by atoms with Crippen LogP contribution >= 0.6 is 0 Å². The second kappa shape index (κ2) is 4.54. The van der Waals surface area contributed by atoms with Crippen LogP contribution in [0, 0.1) is 52.3 Å². The van der Waals surface area contributed by atoms with E-state index >= 15 is 0 Å². The van der Waals surface area contributed by atoms with Gasteiger partial charge in [-0.25, -0.2) is 0 Å². The highest BCUT2D eigenvalue weighted by Gasteiger charge is 2.83. The summed E-state index contributed by atoms with van der Waals surface area (Å²) in [7, 11) is 0. The number of rotatable bonds is 0. The maximum atomic E-state index is 11.9. The van der Waals surface area contributed by atoms with Gasteiger partial charge < -0.3 is 14.9 Å². The van der Waals surface area contributed by atoms with E-state index in [1.54, 1.807) is 0 Å². The van der Waals surface area contributed by atoms with Crippen LogP contribution in [0.3, 0.4) is 0 Å². The lowest BCUT2D eigenvalue weighted by molar-refractivity contribution is -0.264. The Hall–Kier alpha value is -0.120. The molecule has 1 aliphatic heterocycles. The summed E-state index contributed by atoms with van der Waals surface area (Å²) in [6, 6.07) is 0. The zero-order valence-electron chi connectivity index (χ0n) is 16.9. The van der Waals surface area contributed by atoms with Gasteiger partial charge in [-0.05, 0) is 78.9 Å². The zero-order valence-corrected chi connectivity index (χ0v) is 16.9. The summed E-state index contributed by atoms with van der Waals surface area (Å²) < 4.78 is 6.21. The van der Waals surface area contributed by atoms with E-state index in [4.69, 9.17) is 4.74 Å². The van der Waals surface area contributed by atoms with Gasteiger partial charge >= 0.3 is 0 Å². The van der Waals surface area contributed by atoms with Gasteiger partial charge in [0.15, 0.2) is 0 Å². The Morgan fingerprint density at radius 2 is 1.69 bits per heavy atom. The Kier molecular flexibility index (Phi) is 2.94. The summed E-state index contributed by atoms with van der Waals surface area (Å²) in [4.78, 5) is 0. The summed E-state index contributed by atoms with van der Waals surface area (Å²) in [5.41, 5.74) is -0.133. The van der Waals surface area contributed by atoms with Crippen molar-refractivity contribution >= 4 is 0 Å². The van der Waals surface area contributed by atoms with Crippen molar-refractivity contribution in [3.8, 4) is 0 Å². The fraction of sp³-hybridized carbons (Fsp3) is 1.00. The van der Waals surface area contributed by atoms with Crippen LogP contribution in [0.5, 0.6) is 0 Å². The molecule has 2 N–H and O–H groups in total. The van der Waals surface area contributed by atoms with Crippen LogP contribution in [-0.4, -0.2) is 34.1 Å². The molecular formula is C23H36O3. The van der Waals surface area contributed by atoms with Gasteiger partial charge in [-0.3, -0.25) is 0 Å². The van der Waals surface area contributed by atoms with Crippen LogP contribution < -0.4 is 0 Å². The normalized spacial score (nSPS) is 70.8. The summed E-state index contributed by atoms with van der Waals surface area (Å²) in [6.45, 7) is 10.6. The lowest BCUT2D eigenvalue weighted by atomic mass is 9.38. The predicted octanol–water partition coefficient (Wildman–Crippen LogP) is 3.62. The SMILES string of the molecule is CC1C2C3C4CC4[C@@]4(CO4)[C@@]3(C)CCC2[C@@]2(C)CCC(O)CC2(O)C1C. The van der Waals surface area contributed by atoms with Crippen molar-refractivity contribution in [3.05, 3.63) is 0 Å². The monoisotopic (exact) mass is 360 g/mol. The van der Waals surface area contributed by atoms with Crippen LogP contribution in [0.25, 0.3) is 0 Å². The molecule has 1 heterocycles. The first-order valence-corrected chi connectivity index (χ1v) is 11.2. The highest BCUT2D eigenvalue weighted by atomic mass is 16.6. The average molecular weight is 361 g/mol. The highest BCUT2D eigenvalue weighted by Crippen LogP contribution is 2.81. The molecule has 0 aromatic rings. The molecule has 3 heteroatoms. The molecule has 6 aliphatic rings. The van der Waals surface area contributed by atoms with E-state index in [0.717, 1.165) is 43.1 Å². The number of aliphatic hydroxyl groups excluding tert-OH is 1.